The van der Waals surface area contributed by atoms with Crippen LogP contribution < -0.4 is 134 Å². The van der Waals surface area contributed by atoms with E-state index in [9.17, 15) is 13.9 Å². The summed E-state index contributed by atoms with van der Waals surface area (Å²) in [6.07, 6.45) is 2.88. The van der Waals surface area contributed by atoms with Gasteiger partial charge in [-0.2, -0.15) is 0 Å². The number of fused-ring (bicyclic) bond motifs is 6. The molecule has 0 fully saturated rings. The van der Waals surface area contributed by atoms with Crippen LogP contribution in [0, 0.1) is 11.6 Å². The zero-order valence-corrected chi connectivity index (χ0v) is 51.1. The SMILES string of the molecule is CC1OCc2c1c1ncnc(N)c1n2-c1ccc(Oc2cccc(O)c2)cc1.CC1OCc2c1c1ncnc(N)c1n2-c1ccc(Oc2cccc(OCc3ccc(F)cc3)c2)cc1.Fc1ccc(CBr)cc1.O=CO[O-].[H-].[K+].[K+]. The van der Waals surface area contributed by atoms with Crippen molar-refractivity contribution in [2.75, 3.05) is 11.5 Å². The van der Waals surface area contributed by atoms with Crippen molar-refractivity contribution < 1.29 is 157 Å². The number of ether oxygens (including phenoxy) is 5. The molecule has 17 nitrogen and oxygen atoms in total. The van der Waals surface area contributed by atoms with Crippen LogP contribution in [0.1, 0.15) is 61.1 Å². The minimum absolute atomic E-state index is 0. The van der Waals surface area contributed by atoms with Crippen LogP contribution in [-0.4, -0.2) is 40.6 Å². The van der Waals surface area contributed by atoms with Crippen LogP contribution in [0.25, 0.3) is 33.4 Å². The molecule has 2 atom stereocenters. The van der Waals surface area contributed by atoms with Gasteiger partial charge in [-0.3, -0.25) is 4.79 Å². The first kappa shape index (κ1) is 61.0. The maximum atomic E-state index is 13.1. The molecule has 0 bridgehead atoms. The predicted octanol–water partition coefficient (Wildman–Crippen LogP) is 5.47. The number of carbonyl (C=O) groups excluding carboxylic acids is 1. The van der Waals surface area contributed by atoms with E-state index in [0.29, 0.717) is 60.2 Å². The van der Waals surface area contributed by atoms with Gasteiger partial charge in [0, 0.05) is 40.0 Å². The third-order valence-corrected chi connectivity index (χ3v) is 12.9. The van der Waals surface area contributed by atoms with Crippen LogP contribution in [0.2, 0.25) is 0 Å². The van der Waals surface area contributed by atoms with Gasteiger partial charge in [0.25, 0.3) is 6.47 Å². The van der Waals surface area contributed by atoms with E-state index in [1.807, 2.05) is 86.6 Å². The molecule has 394 valence electrons. The molecule has 0 radical (unpaired) electrons. The molecule has 12 rings (SSSR count). The Morgan fingerprint density at radius 1 is 0.646 bits per heavy atom. The number of phenolic OH excluding ortho intramolecular Hbond substituents is 1. The number of hydrogen-bond donors (Lipinski definition) is 3. The van der Waals surface area contributed by atoms with Crippen molar-refractivity contribution in [2.24, 2.45) is 0 Å². The van der Waals surface area contributed by atoms with E-state index in [1.165, 1.54) is 36.9 Å². The third kappa shape index (κ3) is 14.6. The van der Waals surface area contributed by atoms with Crippen molar-refractivity contribution in [3.63, 3.8) is 0 Å². The van der Waals surface area contributed by atoms with Crippen molar-refractivity contribution in [2.45, 2.75) is 51.2 Å². The summed E-state index contributed by atoms with van der Waals surface area (Å²) in [6, 6.07) is 42.1. The molecule has 2 aliphatic heterocycles. The minimum atomic E-state index is -0.269. The van der Waals surface area contributed by atoms with Crippen LogP contribution in [0.15, 0.2) is 158 Å². The van der Waals surface area contributed by atoms with E-state index < -0.39 is 0 Å². The number of halogens is 3. The van der Waals surface area contributed by atoms with Gasteiger partial charge in [-0.05, 0) is 122 Å². The first-order valence-corrected chi connectivity index (χ1v) is 24.9. The molecule has 2 aliphatic rings. The number of aromatic hydroxyl groups is 1. The Labute approximate surface area is 547 Å². The fourth-order valence-electron chi connectivity index (χ4n) is 8.78. The number of anilines is 2. The summed E-state index contributed by atoms with van der Waals surface area (Å²) in [5.74, 6) is 3.79. The average molecular weight is 1190 g/mol. The molecule has 0 saturated heterocycles. The van der Waals surface area contributed by atoms with Gasteiger partial charge in [-0.15, -0.1) is 0 Å². The van der Waals surface area contributed by atoms with Crippen molar-refractivity contribution in [1.82, 2.24) is 29.1 Å². The predicted molar refractivity (Wildman–Crippen MR) is 286 cm³/mol. The summed E-state index contributed by atoms with van der Waals surface area (Å²) in [5.41, 5.74) is 23.7. The normalized spacial score (nSPS) is 13.6. The average Bonchev–Trinajstić information content (AvgIpc) is 4.22. The molecule has 0 aliphatic carbocycles. The molecule has 5 N–H and O–H groups in total. The molecule has 6 aromatic carbocycles. The Morgan fingerprint density at radius 3 is 1.52 bits per heavy atom. The van der Waals surface area contributed by atoms with Gasteiger partial charge in [-0.1, -0.05) is 52.3 Å². The van der Waals surface area contributed by atoms with Crippen molar-refractivity contribution in [3.05, 3.63) is 204 Å². The molecule has 6 heterocycles. The fourth-order valence-corrected chi connectivity index (χ4v) is 9.16. The minimum Gasteiger partial charge on any atom is -1.00 e. The quantitative estimate of drug-likeness (QED) is 0.0480. The number of nitrogens with two attached hydrogens (primary N) is 2. The van der Waals surface area contributed by atoms with Gasteiger partial charge < -0.3 is 61.0 Å². The molecule has 4 aromatic heterocycles. The summed E-state index contributed by atoms with van der Waals surface area (Å²) in [5, 5.41) is 18.8. The Balaban J connectivity index is 0.000000208. The van der Waals surface area contributed by atoms with Crippen molar-refractivity contribution in [1.29, 1.82) is 0 Å². The maximum Gasteiger partial charge on any atom is 1.00 e. The maximum absolute atomic E-state index is 13.1. The van der Waals surface area contributed by atoms with Crippen LogP contribution in [-0.2, 0) is 44.3 Å². The summed E-state index contributed by atoms with van der Waals surface area (Å²) in [6.45, 7) is 5.16. The first-order valence-electron chi connectivity index (χ1n) is 23.8. The Bertz CT molecular complexity index is 3660. The van der Waals surface area contributed by atoms with E-state index >= 15 is 0 Å². The number of nitrogen functional groups attached to an aromatic ring is 2. The van der Waals surface area contributed by atoms with Gasteiger partial charge in [0.15, 0.2) is 11.6 Å². The monoisotopic (exact) mass is 1180 g/mol. The third-order valence-electron chi connectivity index (χ3n) is 12.3. The van der Waals surface area contributed by atoms with Crippen LogP contribution in [0.3, 0.4) is 0 Å². The molecule has 2 unspecified atom stereocenters. The van der Waals surface area contributed by atoms with Gasteiger partial charge in [0.05, 0.1) is 36.8 Å². The van der Waals surface area contributed by atoms with Crippen LogP contribution in [0.5, 0.6) is 34.5 Å². The summed E-state index contributed by atoms with van der Waals surface area (Å²) < 4.78 is 58.8. The zero-order valence-electron chi connectivity index (χ0n) is 44.3. The second-order valence-electron chi connectivity index (χ2n) is 17.2. The molecular weight excluding hydrogens is 1140 g/mol. The number of benzene rings is 6. The van der Waals surface area contributed by atoms with E-state index in [1.54, 1.807) is 48.5 Å². The number of phenols is 1. The summed E-state index contributed by atoms with van der Waals surface area (Å²) in [4.78, 5) is 28.6. The molecule has 22 heteroatoms. The number of nitrogens with zero attached hydrogens (tertiary/aromatic N) is 6. The second-order valence-corrected chi connectivity index (χ2v) is 17.8. The van der Waals surface area contributed by atoms with Gasteiger partial charge in [0.2, 0.25) is 0 Å². The summed E-state index contributed by atoms with van der Waals surface area (Å²) in [7, 11) is 0. The molecule has 0 spiro atoms. The topological polar surface area (TPSA) is 229 Å². The smallest absolute Gasteiger partial charge is 1.00 e. The van der Waals surface area contributed by atoms with E-state index in [0.717, 1.165) is 72.4 Å². The fraction of sp³-hybridized carbons (Fsp3) is 0.140. The van der Waals surface area contributed by atoms with Crippen LogP contribution >= 0.6 is 15.9 Å². The number of rotatable bonds is 11. The van der Waals surface area contributed by atoms with Crippen LogP contribution in [0.4, 0.5) is 20.4 Å². The molecule has 0 amide bonds. The number of carbonyl (C=O) groups is 1. The summed E-state index contributed by atoms with van der Waals surface area (Å²) >= 11 is 3.26. The van der Waals surface area contributed by atoms with E-state index in [-0.39, 0.29) is 140 Å². The molecule has 79 heavy (non-hydrogen) atoms. The number of hydrogen-bond acceptors (Lipinski definition) is 15. The van der Waals surface area contributed by atoms with Gasteiger partial charge in [0.1, 0.15) is 87.5 Å². The Hall–Kier alpha value is -5.68. The first-order chi connectivity index (χ1) is 37.4. The number of alkyl halides is 1. The Kier molecular flexibility index (Phi) is 22.1. The largest absolute Gasteiger partial charge is 1.00 e. The second kappa shape index (κ2) is 28.6. The molecular formula is C57H49BrF2K2N8O9. The van der Waals surface area contributed by atoms with Crippen molar-refractivity contribution >= 4 is 56.1 Å². The molecule has 0 saturated carbocycles. The van der Waals surface area contributed by atoms with Gasteiger partial charge >= 0.3 is 103 Å². The van der Waals surface area contributed by atoms with Crippen molar-refractivity contribution in [3.8, 4) is 45.9 Å². The van der Waals surface area contributed by atoms with Gasteiger partial charge in [-0.25, -0.2) is 28.7 Å². The number of aromatic nitrogens is 6. The molecule has 10 aromatic rings. The Morgan fingerprint density at radius 2 is 1.08 bits per heavy atom. The standard InChI is InChI=1S/C28H23FN4O3.C21H18N4O3.C7H6BrF.CH2O3.2K.H/c1-17-25-24(15-34-17)33(27-26(25)31-16-32-28(27)30)20-9-11-21(12-10-20)36-23-4-2-3-22(13-23)35-14-18-5-7-19(29)8-6-18;1-12-18-17(10-27-12)25(20-19(18)23-11-24-21(20)22)13-5-7-15(8-6-13)28-16-4-2-3-14(26)9-16;8-5-6-1-3-7(9)4-2-6;2-1-4-3;;;/h2-13,16-17H,14-15H2,1H3,(H2,30,31,32);2-9,11-12,26H,10H2,1H3,(H2,22,23,24);1-4H,5H2;1,3H;;;/q;;;;2*+1;-1/p-1. The van der Waals surface area contributed by atoms with E-state index in [4.69, 9.17) is 45.2 Å². The zero-order chi connectivity index (χ0) is 54.0. The van der Waals surface area contributed by atoms with E-state index in [2.05, 4.69) is 49.9 Å².